The van der Waals surface area contributed by atoms with E-state index < -0.39 is 0 Å². The fourth-order valence-corrected chi connectivity index (χ4v) is 6.98. The maximum atomic E-state index is 13.0. The Morgan fingerprint density at radius 3 is 2.24 bits per heavy atom. The largest absolute Gasteiger partial charge is 0.346 e. The second-order valence-corrected chi connectivity index (χ2v) is 12.4. The molecule has 0 N–H and O–H groups in total. The van der Waals surface area contributed by atoms with Gasteiger partial charge in [-0.3, -0.25) is 14.6 Å². The number of aryl methyl sites for hydroxylation is 1. The summed E-state index contributed by atoms with van der Waals surface area (Å²) in [6.07, 6.45) is 6.33. The Hall–Kier alpha value is -3.72. The molecule has 0 saturated carbocycles. The molecule has 0 spiro atoms. The van der Waals surface area contributed by atoms with E-state index in [1.807, 2.05) is 12.1 Å². The molecule has 6 rings (SSSR count). The van der Waals surface area contributed by atoms with E-state index in [0.717, 1.165) is 69.5 Å². The molecule has 3 aromatic carbocycles. The lowest BCUT2D eigenvalue weighted by Gasteiger charge is -2.32. The number of rotatable bonds is 9. The molecule has 2 aliphatic rings. The molecule has 3 heterocycles. The van der Waals surface area contributed by atoms with Gasteiger partial charge in [-0.25, -0.2) is 0 Å². The van der Waals surface area contributed by atoms with Gasteiger partial charge in [-0.1, -0.05) is 54.6 Å². The van der Waals surface area contributed by atoms with Crippen LogP contribution < -0.4 is 0 Å². The second kappa shape index (κ2) is 13.1. The van der Waals surface area contributed by atoms with E-state index in [9.17, 15) is 10.1 Å². The van der Waals surface area contributed by atoms with Gasteiger partial charge in [-0.2, -0.15) is 5.26 Å². The fourth-order valence-electron chi connectivity index (χ4n) is 6.98. The highest BCUT2D eigenvalue weighted by atomic mass is 16.1. The number of likely N-dealkylation sites (tertiary alicyclic amines) is 2. The van der Waals surface area contributed by atoms with Crippen LogP contribution in [0.25, 0.3) is 10.9 Å². The predicted octanol–water partition coefficient (Wildman–Crippen LogP) is 7.30. The minimum Gasteiger partial charge on any atom is -0.346 e. The summed E-state index contributed by atoms with van der Waals surface area (Å²) in [6, 6.07) is 29.7. The van der Waals surface area contributed by atoms with Gasteiger partial charge in [0.25, 0.3) is 0 Å². The molecule has 2 aliphatic heterocycles. The molecule has 0 aliphatic carbocycles. The van der Waals surface area contributed by atoms with Gasteiger partial charge in [-0.15, -0.1) is 0 Å². The number of carbonyl (C=O) groups excluding carboxylic acids is 1. The summed E-state index contributed by atoms with van der Waals surface area (Å²) in [5.41, 5.74) is 6.80. The standard InChI is InChI=1S/C37H42N4O/c1-39-35(24-34-23-30(25-38)7-13-36(34)39)27-41-21-17-32(18-22-41)31-9-11-33(12-10-31)37(42)14-8-28-15-19-40(20-16-28)26-29-5-3-2-4-6-29/h2-7,9-13,23-24,28,32H,8,14-22,26-27H2,1H3. The maximum absolute atomic E-state index is 13.0. The van der Waals surface area contributed by atoms with Crippen molar-refractivity contribution in [3.05, 3.63) is 107 Å². The minimum atomic E-state index is 0.292. The zero-order valence-corrected chi connectivity index (χ0v) is 24.8. The topological polar surface area (TPSA) is 52.3 Å². The van der Waals surface area contributed by atoms with Crippen molar-refractivity contribution >= 4 is 16.7 Å². The first kappa shape index (κ1) is 28.4. The quantitative estimate of drug-likeness (QED) is 0.202. The first-order valence-corrected chi connectivity index (χ1v) is 15.7. The number of hydrogen-bond donors (Lipinski definition) is 0. The van der Waals surface area contributed by atoms with Crippen molar-refractivity contribution in [2.75, 3.05) is 26.2 Å². The third kappa shape index (κ3) is 6.67. The molecule has 5 nitrogen and oxygen atoms in total. The van der Waals surface area contributed by atoms with Gasteiger partial charge in [-0.05, 0) is 106 Å². The van der Waals surface area contributed by atoms with Gasteiger partial charge in [0.2, 0.25) is 0 Å². The normalized spacial score (nSPS) is 17.4. The van der Waals surface area contributed by atoms with Crippen molar-refractivity contribution < 1.29 is 4.79 Å². The van der Waals surface area contributed by atoms with Crippen LogP contribution in [-0.4, -0.2) is 46.3 Å². The molecule has 0 bridgehead atoms. The lowest BCUT2D eigenvalue weighted by Crippen LogP contribution is -2.33. The van der Waals surface area contributed by atoms with E-state index in [-0.39, 0.29) is 0 Å². The predicted molar refractivity (Wildman–Crippen MR) is 169 cm³/mol. The fraction of sp³-hybridized carbons (Fsp3) is 0.405. The Kier molecular flexibility index (Phi) is 8.84. The summed E-state index contributed by atoms with van der Waals surface area (Å²) in [5.74, 6) is 1.51. The van der Waals surface area contributed by atoms with Crippen LogP contribution in [0.2, 0.25) is 0 Å². The van der Waals surface area contributed by atoms with E-state index in [4.69, 9.17) is 0 Å². The van der Waals surface area contributed by atoms with Crippen molar-refractivity contribution in [1.82, 2.24) is 14.4 Å². The van der Waals surface area contributed by atoms with Crippen molar-refractivity contribution in [2.24, 2.45) is 13.0 Å². The molecule has 5 heteroatoms. The Balaban J connectivity index is 0.943. The van der Waals surface area contributed by atoms with Crippen LogP contribution in [0.1, 0.15) is 77.2 Å². The number of fused-ring (bicyclic) bond motifs is 1. The molecule has 0 unspecified atom stereocenters. The summed E-state index contributed by atoms with van der Waals surface area (Å²) in [6.45, 7) is 6.37. The summed E-state index contributed by atoms with van der Waals surface area (Å²) in [4.78, 5) is 18.1. The summed E-state index contributed by atoms with van der Waals surface area (Å²) < 4.78 is 2.26. The average Bonchev–Trinajstić information content (AvgIpc) is 3.35. The van der Waals surface area contributed by atoms with Gasteiger partial charge in [0, 0.05) is 48.7 Å². The van der Waals surface area contributed by atoms with Gasteiger partial charge < -0.3 is 4.57 Å². The van der Waals surface area contributed by atoms with E-state index in [1.54, 1.807) is 0 Å². The van der Waals surface area contributed by atoms with E-state index in [2.05, 4.69) is 94.2 Å². The third-order valence-electron chi connectivity index (χ3n) is 9.68. The zero-order chi connectivity index (χ0) is 28.9. The lowest BCUT2D eigenvalue weighted by atomic mass is 9.87. The highest BCUT2D eigenvalue weighted by Gasteiger charge is 2.23. The number of Topliss-reactive ketones (excluding diaryl/α,β-unsaturated/α-hetero) is 1. The first-order valence-electron chi connectivity index (χ1n) is 15.7. The minimum absolute atomic E-state index is 0.292. The molecule has 216 valence electrons. The molecule has 2 saturated heterocycles. The van der Waals surface area contributed by atoms with Gasteiger partial charge in [0.15, 0.2) is 5.78 Å². The second-order valence-electron chi connectivity index (χ2n) is 12.4. The Morgan fingerprint density at radius 2 is 1.52 bits per heavy atom. The summed E-state index contributed by atoms with van der Waals surface area (Å²) in [7, 11) is 2.12. The van der Waals surface area contributed by atoms with Crippen LogP contribution in [0.4, 0.5) is 0 Å². The highest BCUT2D eigenvalue weighted by molar-refractivity contribution is 5.96. The van der Waals surface area contributed by atoms with Crippen molar-refractivity contribution in [1.29, 1.82) is 5.26 Å². The summed E-state index contributed by atoms with van der Waals surface area (Å²) in [5, 5.41) is 10.4. The number of nitrogens with zero attached hydrogens (tertiary/aromatic N) is 4. The van der Waals surface area contributed by atoms with Crippen molar-refractivity contribution in [2.45, 2.75) is 57.5 Å². The molecule has 42 heavy (non-hydrogen) atoms. The SMILES string of the molecule is Cn1c(CN2CCC(c3ccc(C(=O)CCC4CCN(Cc5ccccc5)CC4)cc3)CC2)cc2cc(C#N)ccc21. The zero-order valence-electron chi connectivity index (χ0n) is 24.8. The molecule has 1 aromatic heterocycles. The molecule has 0 amide bonds. The molecular formula is C37H42N4O. The number of aromatic nitrogens is 1. The number of nitriles is 1. The van der Waals surface area contributed by atoms with Crippen molar-refractivity contribution in [3.63, 3.8) is 0 Å². The molecule has 0 radical (unpaired) electrons. The number of carbonyl (C=O) groups is 1. The Morgan fingerprint density at radius 1 is 0.833 bits per heavy atom. The lowest BCUT2D eigenvalue weighted by molar-refractivity contribution is 0.0961. The third-order valence-corrected chi connectivity index (χ3v) is 9.68. The number of hydrogen-bond acceptors (Lipinski definition) is 4. The monoisotopic (exact) mass is 558 g/mol. The maximum Gasteiger partial charge on any atom is 0.162 e. The van der Waals surface area contributed by atoms with Crippen LogP contribution in [-0.2, 0) is 20.1 Å². The van der Waals surface area contributed by atoms with E-state index in [0.29, 0.717) is 29.6 Å². The van der Waals surface area contributed by atoms with Crippen LogP contribution in [0.15, 0.2) is 78.9 Å². The highest BCUT2D eigenvalue weighted by Crippen LogP contribution is 2.30. The van der Waals surface area contributed by atoms with Crippen LogP contribution >= 0.6 is 0 Å². The molecule has 4 aromatic rings. The van der Waals surface area contributed by atoms with E-state index >= 15 is 0 Å². The molecular weight excluding hydrogens is 516 g/mol. The van der Waals surface area contributed by atoms with Crippen LogP contribution in [0.5, 0.6) is 0 Å². The van der Waals surface area contributed by atoms with Gasteiger partial charge in [0.1, 0.15) is 0 Å². The van der Waals surface area contributed by atoms with Crippen molar-refractivity contribution in [3.8, 4) is 6.07 Å². The number of ketones is 1. The van der Waals surface area contributed by atoms with Gasteiger partial charge in [0.05, 0.1) is 11.6 Å². The van der Waals surface area contributed by atoms with Crippen LogP contribution in [0, 0.1) is 17.2 Å². The number of piperidine rings is 2. The Labute approximate surface area is 250 Å². The molecule has 2 fully saturated rings. The first-order chi connectivity index (χ1) is 20.6. The average molecular weight is 559 g/mol. The van der Waals surface area contributed by atoms with Gasteiger partial charge >= 0.3 is 0 Å². The Bertz CT molecular complexity index is 1530. The molecule has 0 atom stereocenters. The van der Waals surface area contributed by atoms with E-state index in [1.165, 1.54) is 35.2 Å². The van der Waals surface area contributed by atoms with Crippen LogP contribution in [0.3, 0.4) is 0 Å². The smallest absolute Gasteiger partial charge is 0.162 e. The summed E-state index contributed by atoms with van der Waals surface area (Å²) >= 11 is 0. The number of benzene rings is 3.